The number of amides is 1. The second kappa shape index (κ2) is 7.19. The number of carbonyl (C=O) groups excluding carboxylic acids is 2. The van der Waals surface area contributed by atoms with Crippen LogP contribution in [0.5, 0.6) is 0 Å². The van der Waals surface area contributed by atoms with Gasteiger partial charge in [-0.15, -0.1) is 0 Å². The van der Waals surface area contributed by atoms with Crippen LogP contribution in [0, 0.1) is 0 Å². The van der Waals surface area contributed by atoms with Crippen LogP contribution < -0.4 is 5.32 Å². The Balaban J connectivity index is 1.91. The van der Waals surface area contributed by atoms with E-state index in [0.717, 1.165) is 5.69 Å². The predicted molar refractivity (Wildman–Crippen MR) is 102 cm³/mol. The van der Waals surface area contributed by atoms with Gasteiger partial charge in [0.05, 0.1) is 24.1 Å². The summed E-state index contributed by atoms with van der Waals surface area (Å²) in [5, 5.41) is 7.08. The number of hydrogen-bond acceptors (Lipinski definition) is 5. The quantitative estimate of drug-likeness (QED) is 0.715. The Hall–Kier alpha value is -3.22. The highest BCUT2D eigenvalue weighted by Crippen LogP contribution is 2.23. The maximum Gasteiger partial charge on any atom is 0.338 e. The molecule has 0 aliphatic rings. The first-order chi connectivity index (χ1) is 12.8. The van der Waals surface area contributed by atoms with E-state index in [1.807, 2.05) is 20.8 Å². The van der Waals surface area contributed by atoms with Crippen LogP contribution in [-0.2, 0) is 10.2 Å². The molecule has 3 rings (SSSR count). The number of anilines is 1. The summed E-state index contributed by atoms with van der Waals surface area (Å²) in [6.07, 6.45) is 1.65. The molecule has 0 unspecified atom stereocenters. The lowest BCUT2D eigenvalue weighted by Gasteiger charge is -2.20. The molecule has 0 saturated carbocycles. The Bertz CT molecular complexity index is 1000. The molecule has 0 spiro atoms. The predicted octanol–water partition coefficient (Wildman–Crippen LogP) is 3.46. The summed E-state index contributed by atoms with van der Waals surface area (Å²) in [4.78, 5) is 29.0. The molecule has 0 radical (unpaired) electrons. The van der Waals surface area contributed by atoms with E-state index in [1.54, 1.807) is 54.0 Å². The van der Waals surface area contributed by atoms with Gasteiger partial charge in [-0.05, 0) is 31.2 Å². The molecule has 1 amide bonds. The highest BCUT2D eigenvalue weighted by atomic mass is 16.5. The zero-order valence-corrected chi connectivity index (χ0v) is 15.8. The summed E-state index contributed by atoms with van der Waals surface area (Å²) >= 11 is 0. The fourth-order valence-electron chi connectivity index (χ4n) is 2.70. The van der Waals surface area contributed by atoms with E-state index in [9.17, 15) is 9.59 Å². The maximum atomic E-state index is 12.7. The number of ether oxygens (including phenoxy) is 1. The molecule has 7 nitrogen and oxygen atoms in total. The Labute approximate surface area is 157 Å². The van der Waals surface area contributed by atoms with Crippen molar-refractivity contribution in [2.24, 2.45) is 0 Å². The van der Waals surface area contributed by atoms with Crippen LogP contribution in [0.15, 0.2) is 42.6 Å². The highest BCUT2D eigenvalue weighted by Gasteiger charge is 2.22. The number of hydrogen-bond donors (Lipinski definition) is 1. The average molecular weight is 366 g/mol. The normalized spacial score (nSPS) is 11.4. The van der Waals surface area contributed by atoms with E-state index in [0.29, 0.717) is 23.5 Å². The lowest BCUT2D eigenvalue weighted by molar-refractivity contribution is 0.0526. The van der Waals surface area contributed by atoms with Crippen LogP contribution in [0.2, 0.25) is 0 Å². The van der Waals surface area contributed by atoms with Gasteiger partial charge in [-0.25, -0.2) is 14.3 Å². The van der Waals surface area contributed by atoms with Gasteiger partial charge in [0.1, 0.15) is 5.69 Å². The van der Waals surface area contributed by atoms with Gasteiger partial charge < -0.3 is 10.1 Å². The molecule has 0 aliphatic heterocycles. The minimum atomic E-state index is -0.428. The smallest absolute Gasteiger partial charge is 0.338 e. The molecule has 2 aromatic heterocycles. The SMILES string of the molecule is CCOC(=O)c1cccc(NC(=O)c2cc(C(C)(C)C)n3nccc3n2)c1. The molecular formula is C20H22N4O3. The van der Waals surface area contributed by atoms with Crippen LogP contribution in [0.1, 0.15) is 54.2 Å². The first kappa shape index (κ1) is 18.6. The number of fused-ring (bicyclic) bond motifs is 1. The summed E-state index contributed by atoms with van der Waals surface area (Å²) < 4.78 is 6.73. The maximum absolute atomic E-state index is 12.7. The monoisotopic (exact) mass is 366 g/mol. The Kier molecular flexibility index (Phi) is 4.94. The second-order valence-electron chi connectivity index (χ2n) is 7.13. The first-order valence-corrected chi connectivity index (χ1v) is 8.73. The molecule has 0 saturated heterocycles. The van der Waals surface area contributed by atoms with Crippen molar-refractivity contribution in [3.63, 3.8) is 0 Å². The van der Waals surface area contributed by atoms with Crippen LogP contribution in [0.4, 0.5) is 5.69 Å². The summed E-state index contributed by atoms with van der Waals surface area (Å²) in [5.41, 5.74) is 2.43. The van der Waals surface area contributed by atoms with E-state index in [4.69, 9.17) is 4.74 Å². The van der Waals surface area contributed by atoms with Gasteiger partial charge in [0.25, 0.3) is 5.91 Å². The molecule has 0 aliphatic carbocycles. The number of rotatable bonds is 4. The van der Waals surface area contributed by atoms with Crippen molar-refractivity contribution in [2.45, 2.75) is 33.1 Å². The second-order valence-corrected chi connectivity index (χ2v) is 7.13. The number of nitrogens with one attached hydrogen (secondary N) is 1. The number of esters is 1. The Morgan fingerprint density at radius 2 is 1.96 bits per heavy atom. The molecule has 0 bridgehead atoms. The average Bonchev–Trinajstić information content (AvgIpc) is 3.09. The van der Waals surface area contributed by atoms with Gasteiger partial charge in [0.15, 0.2) is 5.65 Å². The third-order valence-electron chi connectivity index (χ3n) is 3.99. The molecule has 2 heterocycles. The van der Waals surface area contributed by atoms with Crippen molar-refractivity contribution in [2.75, 3.05) is 11.9 Å². The van der Waals surface area contributed by atoms with Crippen LogP contribution in [0.3, 0.4) is 0 Å². The lowest BCUT2D eigenvalue weighted by Crippen LogP contribution is -2.21. The van der Waals surface area contributed by atoms with Gasteiger partial charge in [0.2, 0.25) is 0 Å². The van der Waals surface area contributed by atoms with E-state index < -0.39 is 5.97 Å². The van der Waals surface area contributed by atoms with E-state index in [-0.39, 0.29) is 17.0 Å². The zero-order chi connectivity index (χ0) is 19.6. The van der Waals surface area contributed by atoms with Crippen molar-refractivity contribution in [3.8, 4) is 0 Å². The summed E-state index contributed by atoms with van der Waals surface area (Å²) in [6, 6.07) is 10.1. The van der Waals surface area contributed by atoms with Crippen molar-refractivity contribution in [3.05, 3.63) is 59.5 Å². The van der Waals surface area contributed by atoms with Gasteiger partial charge in [-0.3, -0.25) is 4.79 Å². The topological polar surface area (TPSA) is 85.6 Å². The van der Waals surface area contributed by atoms with E-state index >= 15 is 0 Å². The molecular weight excluding hydrogens is 344 g/mol. The van der Waals surface area contributed by atoms with Crippen LogP contribution >= 0.6 is 0 Å². The summed E-state index contributed by atoms with van der Waals surface area (Å²) in [6.45, 7) is 8.19. The number of benzene rings is 1. The molecule has 0 fully saturated rings. The number of aromatic nitrogens is 3. The van der Waals surface area contributed by atoms with Gasteiger partial charge in [-0.1, -0.05) is 26.8 Å². The minimum absolute atomic E-state index is 0.216. The third-order valence-corrected chi connectivity index (χ3v) is 3.99. The van der Waals surface area contributed by atoms with Crippen molar-refractivity contribution >= 4 is 23.2 Å². The largest absolute Gasteiger partial charge is 0.462 e. The molecule has 27 heavy (non-hydrogen) atoms. The van der Waals surface area contributed by atoms with E-state index in [1.165, 1.54) is 0 Å². The lowest BCUT2D eigenvalue weighted by atomic mass is 9.91. The van der Waals surface area contributed by atoms with Crippen LogP contribution in [0.25, 0.3) is 5.65 Å². The minimum Gasteiger partial charge on any atom is -0.462 e. The molecule has 1 N–H and O–H groups in total. The Morgan fingerprint density at radius 3 is 2.67 bits per heavy atom. The molecule has 1 aromatic carbocycles. The van der Waals surface area contributed by atoms with Gasteiger partial charge in [-0.2, -0.15) is 5.10 Å². The van der Waals surface area contributed by atoms with Crippen molar-refractivity contribution in [1.29, 1.82) is 0 Å². The first-order valence-electron chi connectivity index (χ1n) is 8.73. The number of carbonyl (C=O) groups is 2. The summed E-state index contributed by atoms with van der Waals surface area (Å²) in [5.74, 6) is -0.785. The Morgan fingerprint density at radius 1 is 1.19 bits per heavy atom. The molecule has 7 heteroatoms. The van der Waals surface area contributed by atoms with Gasteiger partial charge in [0, 0.05) is 17.2 Å². The van der Waals surface area contributed by atoms with Crippen molar-refractivity contribution in [1.82, 2.24) is 14.6 Å². The summed E-state index contributed by atoms with van der Waals surface area (Å²) in [7, 11) is 0. The van der Waals surface area contributed by atoms with Crippen molar-refractivity contribution < 1.29 is 14.3 Å². The fraction of sp³-hybridized carbons (Fsp3) is 0.300. The molecule has 3 aromatic rings. The number of nitrogens with zero attached hydrogens (tertiary/aromatic N) is 3. The van der Waals surface area contributed by atoms with E-state index in [2.05, 4.69) is 15.4 Å². The zero-order valence-electron chi connectivity index (χ0n) is 15.8. The molecule has 140 valence electrons. The standard InChI is InChI=1S/C20H22N4O3/c1-5-27-19(26)13-7-6-8-14(11-13)22-18(25)15-12-16(20(2,3)4)24-17(23-15)9-10-21-24/h6-12H,5H2,1-4H3,(H,22,25). The third kappa shape index (κ3) is 3.97. The highest BCUT2D eigenvalue weighted by molar-refractivity contribution is 6.04. The fourth-order valence-corrected chi connectivity index (χ4v) is 2.70. The van der Waals surface area contributed by atoms with Crippen LogP contribution in [-0.4, -0.2) is 33.1 Å². The van der Waals surface area contributed by atoms with Gasteiger partial charge >= 0.3 is 5.97 Å². The molecule has 0 atom stereocenters.